The van der Waals surface area contributed by atoms with E-state index in [1.165, 1.54) is 0 Å². The third kappa shape index (κ3) is 3.97. The van der Waals surface area contributed by atoms with E-state index in [-0.39, 0.29) is 35.8 Å². The Labute approximate surface area is 97.3 Å². The number of carbonyl (C=O) groups is 1. The van der Waals surface area contributed by atoms with Gasteiger partial charge in [-0.05, 0) is 20.3 Å². The summed E-state index contributed by atoms with van der Waals surface area (Å²) in [5.41, 5.74) is 5.47. The summed E-state index contributed by atoms with van der Waals surface area (Å²) < 4.78 is 5.26. The predicted octanol–water partition coefficient (Wildman–Crippen LogP) is 0.687. The fourth-order valence-corrected chi connectivity index (χ4v) is 1.42. The average Bonchev–Trinajstić information content (AvgIpc) is 2.50. The number of halogens is 1. The zero-order chi connectivity index (χ0) is 10.8. The molecule has 0 aliphatic carbocycles. The van der Waals surface area contributed by atoms with Crippen LogP contribution in [-0.2, 0) is 9.53 Å². The van der Waals surface area contributed by atoms with Crippen LogP contribution in [0.1, 0.15) is 27.2 Å². The van der Waals surface area contributed by atoms with Gasteiger partial charge in [0.1, 0.15) is 0 Å². The molecule has 0 saturated carbocycles. The fraction of sp³-hybridized carbons (Fsp3) is 0.900. The second kappa shape index (κ2) is 5.68. The Balaban J connectivity index is 0.00000196. The van der Waals surface area contributed by atoms with Gasteiger partial charge in [-0.3, -0.25) is 4.79 Å². The molecule has 1 fully saturated rings. The minimum absolute atomic E-state index is 0. The van der Waals surface area contributed by atoms with Gasteiger partial charge < -0.3 is 15.8 Å². The lowest BCUT2D eigenvalue weighted by molar-refractivity contribution is -0.126. The minimum atomic E-state index is -0.194. The number of ether oxygens (including phenoxy) is 1. The molecule has 0 bridgehead atoms. The monoisotopic (exact) mass is 236 g/mol. The fourth-order valence-electron chi connectivity index (χ4n) is 1.42. The third-order valence-corrected chi connectivity index (χ3v) is 2.85. The van der Waals surface area contributed by atoms with Gasteiger partial charge in [-0.15, -0.1) is 12.4 Å². The highest BCUT2D eigenvalue weighted by atomic mass is 35.5. The van der Waals surface area contributed by atoms with Gasteiger partial charge in [-0.1, -0.05) is 6.92 Å². The molecule has 90 valence electrons. The van der Waals surface area contributed by atoms with Gasteiger partial charge in [-0.25, -0.2) is 0 Å². The zero-order valence-corrected chi connectivity index (χ0v) is 10.4. The van der Waals surface area contributed by atoms with Crippen LogP contribution in [0.2, 0.25) is 0 Å². The molecule has 0 aromatic heterocycles. The van der Waals surface area contributed by atoms with Gasteiger partial charge in [0.05, 0.1) is 12.1 Å². The smallest absolute Gasteiger partial charge is 0.224 e. The van der Waals surface area contributed by atoms with Crippen molar-refractivity contribution >= 4 is 18.3 Å². The van der Waals surface area contributed by atoms with E-state index in [1.54, 1.807) is 0 Å². The summed E-state index contributed by atoms with van der Waals surface area (Å²) in [6, 6.07) is -0.110. The van der Waals surface area contributed by atoms with Crippen LogP contribution in [0, 0.1) is 5.92 Å². The first-order valence-corrected chi connectivity index (χ1v) is 5.10. The molecule has 0 aromatic rings. The number of nitrogens with two attached hydrogens (primary N) is 1. The van der Waals surface area contributed by atoms with Gasteiger partial charge in [0.25, 0.3) is 0 Å². The van der Waals surface area contributed by atoms with Crippen molar-refractivity contribution in [3.8, 4) is 0 Å². The molecule has 0 spiro atoms. The van der Waals surface area contributed by atoms with Crippen LogP contribution in [0.25, 0.3) is 0 Å². The molecule has 3 unspecified atom stereocenters. The molecule has 4 nitrogen and oxygen atoms in total. The quantitative estimate of drug-likeness (QED) is 0.758. The molecular weight excluding hydrogens is 216 g/mol. The van der Waals surface area contributed by atoms with Crippen molar-refractivity contribution < 1.29 is 9.53 Å². The molecule has 0 radical (unpaired) electrons. The summed E-state index contributed by atoms with van der Waals surface area (Å²) in [5, 5.41) is 2.99. The highest BCUT2D eigenvalue weighted by Crippen LogP contribution is 2.18. The van der Waals surface area contributed by atoms with Crippen LogP contribution in [0.4, 0.5) is 0 Å². The molecular formula is C10H21ClN2O2. The lowest BCUT2D eigenvalue weighted by atomic mass is 9.98. The lowest BCUT2D eigenvalue weighted by Gasteiger charge is -2.26. The van der Waals surface area contributed by atoms with Crippen LogP contribution in [0.15, 0.2) is 0 Å². The Kier molecular flexibility index (Phi) is 5.56. The number of amides is 1. The van der Waals surface area contributed by atoms with E-state index >= 15 is 0 Å². The second-order valence-electron chi connectivity index (χ2n) is 4.50. The summed E-state index contributed by atoms with van der Waals surface area (Å²) >= 11 is 0. The van der Waals surface area contributed by atoms with E-state index in [1.807, 2.05) is 20.8 Å². The van der Waals surface area contributed by atoms with Gasteiger partial charge in [0.2, 0.25) is 5.91 Å². The van der Waals surface area contributed by atoms with Crippen molar-refractivity contribution in [1.29, 1.82) is 0 Å². The van der Waals surface area contributed by atoms with E-state index in [0.29, 0.717) is 6.61 Å². The second-order valence-corrected chi connectivity index (χ2v) is 4.50. The van der Waals surface area contributed by atoms with E-state index in [0.717, 1.165) is 13.0 Å². The van der Waals surface area contributed by atoms with Crippen molar-refractivity contribution in [2.75, 3.05) is 13.2 Å². The summed E-state index contributed by atoms with van der Waals surface area (Å²) in [4.78, 5) is 11.7. The Morgan fingerprint density at radius 3 is 2.53 bits per heavy atom. The predicted molar refractivity (Wildman–Crippen MR) is 62.0 cm³/mol. The molecule has 5 heteroatoms. The minimum Gasteiger partial charge on any atom is -0.379 e. The highest BCUT2D eigenvalue weighted by Gasteiger charge is 2.32. The van der Waals surface area contributed by atoms with Gasteiger partial charge in [-0.2, -0.15) is 0 Å². The van der Waals surface area contributed by atoms with Crippen molar-refractivity contribution in [2.24, 2.45) is 11.7 Å². The molecule has 15 heavy (non-hydrogen) atoms. The topological polar surface area (TPSA) is 64.4 Å². The maximum Gasteiger partial charge on any atom is 0.224 e. The summed E-state index contributed by atoms with van der Waals surface area (Å²) in [6.07, 6.45) is 0.879. The van der Waals surface area contributed by atoms with Gasteiger partial charge in [0, 0.05) is 18.6 Å². The van der Waals surface area contributed by atoms with Crippen molar-refractivity contribution in [2.45, 2.75) is 38.8 Å². The molecule has 1 aliphatic rings. The standard InChI is InChI=1S/C10H20N2O2.ClH/c1-7(8(2)11)9(13)12-10(3)4-5-14-6-10;/h7-8H,4-6,11H2,1-3H3,(H,12,13);1H. The molecule has 1 aliphatic heterocycles. The zero-order valence-electron chi connectivity index (χ0n) is 9.58. The molecule has 1 rings (SSSR count). The Hall–Kier alpha value is -0.320. The number of rotatable bonds is 3. The van der Waals surface area contributed by atoms with Crippen LogP contribution in [0.5, 0.6) is 0 Å². The number of hydrogen-bond acceptors (Lipinski definition) is 3. The highest BCUT2D eigenvalue weighted by molar-refractivity contribution is 5.85. The van der Waals surface area contributed by atoms with Crippen LogP contribution < -0.4 is 11.1 Å². The Morgan fingerprint density at radius 2 is 2.13 bits per heavy atom. The van der Waals surface area contributed by atoms with E-state index in [2.05, 4.69) is 5.32 Å². The van der Waals surface area contributed by atoms with Gasteiger partial charge in [0.15, 0.2) is 0 Å². The SMILES string of the molecule is CC(N)C(C)C(=O)NC1(C)CCOC1.Cl. The largest absolute Gasteiger partial charge is 0.379 e. The van der Waals surface area contributed by atoms with Crippen molar-refractivity contribution in [3.63, 3.8) is 0 Å². The summed E-state index contributed by atoms with van der Waals surface area (Å²) in [6.45, 7) is 7.02. The molecule has 3 N–H and O–H groups in total. The van der Waals surface area contributed by atoms with Crippen molar-refractivity contribution in [3.05, 3.63) is 0 Å². The molecule has 1 heterocycles. The van der Waals surface area contributed by atoms with E-state index in [4.69, 9.17) is 10.5 Å². The summed E-state index contributed by atoms with van der Waals surface area (Å²) in [7, 11) is 0. The molecule has 1 saturated heterocycles. The maximum absolute atomic E-state index is 11.7. The van der Waals surface area contributed by atoms with Gasteiger partial charge >= 0.3 is 0 Å². The summed E-state index contributed by atoms with van der Waals surface area (Å²) in [5.74, 6) is -0.125. The first-order valence-electron chi connectivity index (χ1n) is 5.10. The van der Waals surface area contributed by atoms with E-state index < -0.39 is 0 Å². The normalized spacial score (nSPS) is 29.1. The molecule has 0 aromatic carbocycles. The van der Waals surface area contributed by atoms with Crippen LogP contribution >= 0.6 is 12.4 Å². The van der Waals surface area contributed by atoms with Crippen molar-refractivity contribution in [1.82, 2.24) is 5.32 Å². The number of nitrogens with one attached hydrogen (secondary N) is 1. The molecule has 1 amide bonds. The average molecular weight is 237 g/mol. The van der Waals surface area contributed by atoms with E-state index in [9.17, 15) is 4.79 Å². The first-order chi connectivity index (χ1) is 6.44. The maximum atomic E-state index is 11.7. The van der Waals surface area contributed by atoms with Crippen LogP contribution in [0.3, 0.4) is 0 Å². The molecule has 3 atom stereocenters. The van der Waals surface area contributed by atoms with Crippen LogP contribution in [-0.4, -0.2) is 30.7 Å². The lowest BCUT2D eigenvalue weighted by Crippen LogP contribution is -2.50. The number of carbonyl (C=O) groups excluding carboxylic acids is 1. The first kappa shape index (κ1) is 14.7. The Bertz CT molecular complexity index is 215. The Morgan fingerprint density at radius 1 is 1.53 bits per heavy atom. The third-order valence-electron chi connectivity index (χ3n) is 2.85. The number of hydrogen-bond donors (Lipinski definition) is 2.